The van der Waals surface area contributed by atoms with Crippen molar-refractivity contribution < 1.29 is 14.3 Å². The van der Waals surface area contributed by atoms with Crippen LogP contribution in [0.15, 0.2) is 18.2 Å². The van der Waals surface area contributed by atoms with E-state index in [4.69, 9.17) is 9.47 Å². The molecule has 5 nitrogen and oxygen atoms in total. The van der Waals surface area contributed by atoms with Crippen LogP contribution in [0.5, 0.6) is 11.5 Å². The van der Waals surface area contributed by atoms with Crippen LogP contribution in [-0.4, -0.2) is 25.1 Å². The molecule has 1 amide bonds. The molecule has 0 unspecified atom stereocenters. The highest BCUT2D eigenvalue weighted by Gasteiger charge is 2.11. The molecular weight excluding hydrogens is 300 g/mol. The Bertz CT molecular complexity index is 667. The largest absolute Gasteiger partial charge is 0.497 e. The van der Waals surface area contributed by atoms with Crippen LogP contribution in [0.2, 0.25) is 0 Å². The highest BCUT2D eigenvalue weighted by Crippen LogP contribution is 2.29. The zero-order valence-corrected chi connectivity index (χ0v) is 14.0. The van der Waals surface area contributed by atoms with E-state index in [0.29, 0.717) is 30.0 Å². The number of amides is 1. The van der Waals surface area contributed by atoms with E-state index in [0.717, 1.165) is 15.6 Å². The molecule has 0 radical (unpaired) electrons. The van der Waals surface area contributed by atoms with Crippen LogP contribution in [0, 0.1) is 13.8 Å². The second kappa shape index (κ2) is 7.26. The molecule has 0 spiro atoms. The summed E-state index contributed by atoms with van der Waals surface area (Å²) >= 11 is 1.64. The van der Waals surface area contributed by atoms with Gasteiger partial charge in [-0.1, -0.05) is 0 Å². The van der Waals surface area contributed by atoms with Gasteiger partial charge in [0.05, 0.1) is 30.6 Å². The maximum atomic E-state index is 12.1. The lowest BCUT2D eigenvalue weighted by molar-refractivity contribution is -0.116. The van der Waals surface area contributed by atoms with Gasteiger partial charge in [-0.25, -0.2) is 4.98 Å². The van der Waals surface area contributed by atoms with Gasteiger partial charge in [0.2, 0.25) is 5.91 Å². The molecular formula is C16H20N2O3S. The minimum atomic E-state index is -0.0473. The highest BCUT2D eigenvalue weighted by atomic mass is 32.1. The molecule has 118 valence electrons. The van der Waals surface area contributed by atoms with Crippen LogP contribution in [0.1, 0.15) is 22.0 Å². The van der Waals surface area contributed by atoms with Gasteiger partial charge in [-0.15, -0.1) is 11.3 Å². The fourth-order valence-electron chi connectivity index (χ4n) is 2.15. The third-order valence-corrected chi connectivity index (χ3v) is 4.39. The normalized spacial score (nSPS) is 10.4. The number of hydrogen-bond acceptors (Lipinski definition) is 5. The summed E-state index contributed by atoms with van der Waals surface area (Å²) in [7, 11) is 3.15. The number of nitrogens with zero attached hydrogens (tertiary/aromatic N) is 1. The van der Waals surface area contributed by atoms with Crippen LogP contribution < -0.4 is 14.8 Å². The number of aryl methyl sites for hydroxylation is 3. The van der Waals surface area contributed by atoms with Gasteiger partial charge in [-0.05, 0) is 32.4 Å². The first-order valence-corrected chi connectivity index (χ1v) is 7.80. The average molecular weight is 320 g/mol. The Morgan fingerprint density at radius 1 is 1.27 bits per heavy atom. The second-order valence-corrected chi connectivity index (χ2v) is 6.14. The fourth-order valence-corrected chi connectivity index (χ4v) is 3.08. The summed E-state index contributed by atoms with van der Waals surface area (Å²) < 4.78 is 10.4. The number of carbonyl (C=O) groups is 1. The smallest absolute Gasteiger partial charge is 0.224 e. The lowest BCUT2D eigenvalue weighted by Gasteiger charge is -2.11. The van der Waals surface area contributed by atoms with E-state index in [1.807, 2.05) is 13.8 Å². The molecule has 1 aromatic carbocycles. The van der Waals surface area contributed by atoms with Crippen LogP contribution in [0.4, 0.5) is 5.69 Å². The summed E-state index contributed by atoms with van der Waals surface area (Å²) in [4.78, 5) is 17.6. The van der Waals surface area contributed by atoms with E-state index in [1.165, 1.54) is 0 Å². The summed E-state index contributed by atoms with van der Waals surface area (Å²) in [6, 6.07) is 5.30. The molecule has 0 aliphatic carbocycles. The number of nitrogens with one attached hydrogen (secondary N) is 1. The zero-order valence-electron chi connectivity index (χ0n) is 13.2. The molecule has 0 saturated carbocycles. The van der Waals surface area contributed by atoms with E-state index < -0.39 is 0 Å². The van der Waals surface area contributed by atoms with Crippen molar-refractivity contribution in [1.82, 2.24) is 4.98 Å². The maximum absolute atomic E-state index is 12.1. The van der Waals surface area contributed by atoms with Crippen LogP contribution in [0.25, 0.3) is 0 Å². The lowest BCUT2D eigenvalue weighted by atomic mass is 10.2. The molecule has 1 aromatic heterocycles. The molecule has 6 heteroatoms. The van der Waals surface area contributed by atoms with Crippen LogP contribution in [0.3, 0.4) is 0 Å². The number of ether oxygens (including phenoxy) is 2. The van der Waals surface area contributed by atoms with Gasteiger partial charge in [-0.2, -0.15) is 0 Å². The Kier molecular flexibility index (Phi) is 5.38. The number of benzene rings is 1. The Labute approximate surface area is 134 Å². The van der Waals surface area contributed by atoms with Crippen molar-refractivity contribution in [3.05, 3.63) is 33.8 Å². The Balaban J connectivity index is 1.98. The monoisotopic (exact) mass is 320 g/mol. The van der Waals surface area contributed by atoms with E-state index in [2.05, 4.69) is 10.3 Å². The Hall–Kier alpha value is -2.08. The Morgan fingerprint density at radius 3 is 2.64 bits per heavy atom. The van der Waals surface area contributed by atoms with E-state index in [-0.39, 0.29) is 5.91 Å². The molecule has 0 aliphatic rings. The standard InChI is InChI=1S/C16H20N2O3S/c1-10-15(22-11(2)17-10)7-8-16(19)18-13-6-5-12(20-3)9-14(13)21-4/h5-6,9H,7-8H2,1-4H3,(H,18,19). The van der Waals surface area contributed by atoms with Crippen LogP contribution >= 0.6 is 11.3 Å². The third kappa shape index (κ3) is 3.98. The van der Waals surface area contributed by atoms with Gasteiger partial charge >= 0.3 is 0 Å². The van der Waals surface area contributed by atoms with Gasteiger partial charge in [0.25, 0.3) is 0 Å². The van der Waals surface area contributed by atoms with E-state index in [1.54, 1.807) is 43.8 Å². The first kappa shape index (κ1) is 16.3. The number of methoxy groups -OCH3 is 2. The molecule has 0 saturated heterocycles. The number of hydrogen-bond donors (Lipinski definition) is 1. The molecule has 0 fully saturated rings. The quantitative estimate of drug-likeness (QED) is 0.886. The molecule has 1 N–H and O–H groups in total. The summed E-state index contributed by atoms with van der Waals surface area (Å²) in [6.07, 6.45) is 1.11. The predicted molar refractivity (Wildman–Crippen MR) is 88.1 cm³/mol. The van der Waals surface area contributed by atoms with E-state index >= 15 is 0 Å². The minimum Gasteiger partial charge on any atom is -0.497 e. The van der Waals surface area contributed by atoms with Crippen LogP contribution in [-0.2, 0) is 11.2 Å². The van der Waals surface area contributed by atoms with Crippen molar-refractivity contribution >= 4 is 22.9 Å². The van der Waals surface area contributed by atoms with Crippen molar-refractivity contribution in [1.29, 1.82) is 0 Å². The predicted octanol–water partition coefficient (Wildman–Crippen LogP) is 3.35. The molecule has 0 atom stereocenters. The van der Waals surface area contributed by atoms with Gasteiger partial charge in [0.1, 0.15) is 11.5 Å². The average Bonchev–Trinajstić information content (AvgIpc) is 2.83. The number of thiazole rings is 1. The summed E-state index contributed by atoms with van der Waals surface area (Å²) in [5, 5.41) is 3.91. The van der Waals surface area contributed by atoms with Crippen molar-refractivity contribution in [2.24, 2.45) is 0 Å². The Morgan fingerprint density at radius 2 is 2.05 bits per heavy atom. The van der Waals surface area contributed by atoms with Crippen molar-refractivity contribution in [3.8, 4) is 11.5 Å². The molecule has 2 aromatic rings. The van der Waals surface area contributed by atoms with Gasteiger partial charge < -0.3 is 14.8 Å². The summed E-state index contributed by atoms with van der Waals surface area (Å²) in [5.41, 5.74) is 1.66. The van der Waals surface area contributed by atoms with Crippen molar-refractivity contribution in [2.45, 2.75) is 26.7 Å². The summed E-state index contributed by atoms with van der Waals surface area (Å²) in [5.74, 6) is 1.22. The van der Waals surface area contributed by atoms with Gasteiger partial charge in [0.15, 0.2) is 0 Å². The molecule has 0 bridgehead atoms. The van der Waals surface area contributed by atoms with Crippen molar-refractivity contribution in [2.75, 3.05) is 19.5 Å². The minimum absolute atomic E-state index is 0.0473. The summed E-state index contributed by atoms with van der Waals surface area (Å²) in [6.45, 7) is 3.95. The first-order valence-electron chi connectivity index (χ1n) is 6.98. The van der Waals surface area contributed by atoms with E-state index in [9.17, 15) is 4.79 Å². The fraction of sp³-hybridized carbons (Fsp3) is 0.375. The zero-order chi connectivity index (χ0) is 16.1. The first-order chi connectivity index (χ1) is 10.5. The third-order valence-electron chi connectivity index (χ3n) is 3.26. The highest BCUT2D eigenvalue weighted by molar-refractivity contribution is 7.11. The van der Waals surface area contributed by atoms with Crippen molar-refractivity contribution in [3.63, 3.8) is 0 Å². The number of rotatable bonds is 6. The molecule has 2 rings (SSSR count). The topological polar surface area (TPSA) is 60.5 Å². The lowest BCUT2D eigenvalue weighted by Crippen LogP contribution is -2.13. The number of anilines is 1. The van der Waals surface area contributed by atoms with Gasteiger partial charge in [-0.3, -0.25) is 4.79 Å². The number of aromatic nitrogens is 1. The molecule has 22 heavy (non-hydrogen) atoms. The molecule has 0 aliphatic heterocycles. The van der Waals surface area contributed by atoms with Gasteiger partial charge in [0, 0.05) is 17.4 Å². The molecule has 1 heterocycles. The SMILES string of the molecule is COc1ccc(NC(=O)CCc2sc(C)nc2C)c(OC)c1. The second-order valence-electron chi connectivity index (χ2n) is 4.86. The number of carbonyl (C=O) groups excluding carboxylic acids is 1. The maximum Gasteiger partial charge on any atom is 0.224 e.